The summed E-state index contributed by atoms with van der Waals surface area (Å²) in [6.45, 7) is 0.655. The van der Waals surface area contributed by atoms with E-state index in [-0.39, 0.29) is 28.5 Å². The number of benzene rings is 3. The highest BCUT2D eigenvalue weighted by Gasteiger charge is 2.20. The van der Waals surface area contributed by atoms with Gasteiger partial charge < -0.3 is 25.5 Å². The van der Waals surface area contributed by atoms with Gasteiger partial charge in [-0.3, -0.25) is 0 Å². The molecule has 0 radical (unpaired) electrons. The minimum Gasteiger partial charge on any atom is -0.478 e. The van der Waals surface area contributed by atoms with E-state index < -0.39 is 17.6 Å². The van der Waals surface area contributed by atoms with Gasteiger partial charge in [-0.15, -0.1) is 0 Å². The van der Waals surface area contributed by atoms with Gasteiger partial charge in [-0.2, -0.15) is 0 Å². The lowest BCUT2D eigenvalue weighted by Gasteiger charge is -2.16. The molecule has 2 heterocycles. The summed E-state index contributed by atoms with van der Waals surface area (Å²) >= 11 is 0. The molecule has 0 aliphatic rings. The Bertz CT molecular complexity index is 1680. The first-order chi connectivity index (χ1) is 19.9. The van der Waals surface area contributed by atoms with Crippen molar-refractivity contribution in [3.05, 3.63) is 108 Å². The summed E-state index contributed by atoms with van der Waals surface area (Å²) in [4.78, 5) is 21.9. The Morgan fingerprint density at radius 1 is 1.05 bits per heavy atom. The van der Waals surface area contributed by atoms with Crippen molar-refractivity contribution in [2.24, 2.45) is 5.73 Å². The number of carbonyl (C=O) groups is 1. The second-order valence-electron chi connectivity index (χ2n) is 9.74. The molecule has 7 nitrogen and oxygen atoms in total. The maximum absolute atomic E-state index is 15.1. The van der Waals surface area contributed by atoms with Crippen LogP contribution >= 0.6 is 0 Å². The van der Waals surface area contributed by atoms with Crippen molar-refractivity contribution in [2.75, 3.05) is 6.54 Å². The minimum atomic E-state index is -1.19. The first-order valence-electron chi connectivity index (χ1n) is 13.4. The van der Waals surface area contributed by atoms with Gasteiger partial charge in [0.15, 0.2) is 11.6 Å². The molecule has 2 aromatic heterocycles. The molecular formula is C32H30F2N4O3. The number of imidazole rings is 1. The van der Waals surface area contributed by atoms with Gasteiger partial charge in [0, 0.05) is 52.6 Å². The van der Waals surface area contributed by atoms with E-state index in [4.69, 9.17) is 15.6 Å². The molecule has 210 valence electrons. The molecule has 0 aliphatic carbocycles. The third kappa shape index (κ3) is 6.36. The number of nitrogens with two attached hydrogens (primary N) is 1. The summed E-state index contributed by atoms with van der Waals surface area (Å²) in [6, 6.07) is 17.1. The maximum Gasteiger partial charge on any atom is 0.328 e. The van der Waals surface area contributed by atoms with Crippen LogP contribution in [0.3, 0.4) is 0 Å². The van der Waals surface area contributed by atoms with Gasteiger partial charge >= 0.3 is 5.97 Å². The molecule has 0 aliphatic heterocycles. The molecule has 0 saturated heterocycles. The van der Waals surface area contributed by atoms with E-state index in [0.717, 1.165) is 43.0 Å². The van der Waals surface area contributed by atoms with E-state index in [1.54, 1.807) is 18.5 Å². The number of carboxylic acids is 1. The van der Waals surface area contributed by atoms with Crippen molar-refractivity contribution >= 4 is 22.9 Å². The van der Waals surface area contributed by atoms with Gasteiger partial charge in [0.25, 0.3) is 0 Å². The summed E-state index contributed by atoms with van der Waals surface area (Å²) in [5.74, 6) is -2.05. The number of H-pyrrole nitrogens is 2. The van der Waals surface area contributed by atoms with Crippen molar-refractivity contribution < 1.29 is 23.4 Å². The summed E-state index contributed by atoms with van der Waals surface area (Å²) in [7, 11) is 0. The average molecular weight is 557 g/mol. The van der Waals surface area contributed by atoms with E-state index in [1.165, 1.54) is 30.3 Å². The monoisotopic (exact) mass is 556 g/mol. The smallest absolute Gasteiger partial charge is 0.328 e. The van der Waals surface area contributed by atoms with E-state index >= 15 is 8.78 Å². The highest BCUT2D eigenvalue weighted by molar-refractivity contribution is 5.95. The zero-order chi connectivity index (χ0) is 28.8. The third-order valence-corrected chi connectivity index (χ3v) is 6.98. The lowest BCUT2D eigenvalue weighted by atomic mass is 9.91. The van der Waals surface area contributed by atoms with Crippen molar-refractivity contribution in [3.8, 4) is 22.9 Å². The standard InChI is InChI=1S/C32H30F2N4O3/c33-26-12-10-21(41-31-24(11-13-30(39)40)23-14-16-36-28(23)18-27(31)34)17-25(26)32-37-19-29(38-32)22(9-5-2-6-15-35)20-7-3-1-4-8-20/h1,3-4,7-8,10-14,16-19,22,36H,2,5-6,9,15,35H2,(H,37,38)(H,39,40)/b13-11+. The molecule has 5 rings (SSSR count). The van der Waals surface area contributed by atoms with Crippen LogP contribution in [0.25, 0.3) is 28.4 Å². The molecule has 0 saturated carbocycles. The van der Waals surface area contributed by atoms with E-state index in [1.807, 2.05) is 18.2 Å². The number of hydrogen-bond acceptors (Lipinski definition) is 4. The topological polar surface area (TPSA) is 117 Å². The molecule has 1 unspecified atom stereocenters. The first kappa shape index (κ1) is 27.8. The Hall–Kier alpha value is -4.76. The molecule has 0 spiro atoms. The summed E-state index contributed by atoms with van der Waals surface area (Å²) < 4.78 is 36.1. The zero-order valence-corrected chi connectivity index (χ0v) is 22.2. The normalized spacial score (nSPS) is 12.3. The van der Waals surface area contributed by atoms with Crippen LogP contribution in [-0.4, -0.2) is 32.6 Å². The van der Waals surface area contributed by atoms with Crippen LogP contribution in [0.15, 0.2) is 79.1 Å². The number of aliphatic carboxylic acids is 1. The zero-order valence-electron chi connectivity index (χ0n) is 22.2. The Morgan fingerprint density at radius 2 is 1.88 bits per heavy atom. The highest BCUT2D eigenvalue weighted by Crippen LogP contribution is 2.37. The fourth-order valence-corrected chi connectivity index (χ4v) is 4.98. The first-order valence-corrected chi connectivity index (χ1v) is 13.4. The Kier molecular flexibility index (Phi) is 8.55. The number of unbranched alkanes of at least 4 members (excludes halogenated alkanes) is 2. The Balaban J connectivity index is 1.47. The van der Waals surface area contributed by atoms with Gasteiger partial charge in [0.05, 0.1) is 5.56 Å². The Morgan fingerprint density at radius 3 is 2.66 bits per heavy atom. The summed E-state index contributed by atoms with van der Waals surface area (Å²) in [6.07, 6.45) is 9.37. The lowest BCUT2D eigenvalue weighted by molar-refractivity contribution is -0.131. The van der Waals surface area contributed by atoms with Gasteiger partial charge in [-0.1, -0.05) is 43.2 Å². The highest BCUT2D eigenvalue weighted by atomic mass is 19.1. The molecule has 0 amide bonds. The van der Waals surface area contributed by atoms with E-state index in [2.05, 4.69) is 27.1 Å². The van der Waals surface area contributed by atoms with E-state index in [9.17, 15) is 4.79 Å². The fraction of sp³-hybridized carbons (Fsp3) is 0.188. The second kappa shape index (κ2) is 12.6. The van der Waals surface area contributed by atoms with Gasteiger partial charge in [0.1, 0.15) is 17.4 Å². The predicted octanol–water partition coefficient (Wildman–Crippen LogP) is 7.38. The van der Waals surface area contributed by atoms with Crippen LogP contribution in [0.5, 0.6) is 11.5 Å². The third-order valence-electron chi connectivity index (χ3n) is 6.98. The van der Waals surface area contributed by atoms with Crippen LogP contribution in [0.2, 0.25) is 0 Å². The number of ether oxygens (including phenoxy) is 1. The number of nitrogens with zero attached hydrogens (tertiary/aromatic N) is 1. The molecule has 3 aromatic carbocycles. The number of hydrogen-bond donors (Lipinski definition) is 4. The molecular weight excluding hydrogens is 526 g/mol. The number of carboxylic acid groups (broad SMARTS) is 1. The van der Waals surface area contributed by atoms with Gasteiger partial charge in [-0.05, 0) is 55.3 Å². The number of nitrogens with one attached hydrogen (secondary N) is 2. The van der Waals surface area contributed by atoms with Crippen molar-refractivity contribution in [1.29, 1.82) is 0 Å². The van der Waals surface area contributed by atoms with Gasteiger partial charge in [-0.25, -0.2) is 18.6 Å². The summed E-state index contributed by atoms with van der Waals surface area (Å²) in [5.41, 5.74) is 8.54. The van der Waals surface area contributed by atoms with Crippen molar-refractivity contribution in [1.82, 2.24) is 15.0 Å². The molecule has 5 N–H and O–H groups in total. The number of aromatic amines is 2. The SMILES string of the molecule is NCCCCCC(c1ccccc1)c1cnc(-c2cc(Oc3c(F)cc4[nH]ccc4c3/C=C/C(=O)O)ccc2F)[nH]1. The van der Waals surface area contributed by atoms with Crippen molar-refractivity contribution in [3.63, 3.8) is 0 Å². The van der Waals surface area contributed by atoms with Crippen LogP contribution in [0.1, 0.15) is 48.4 Å². The average Bonchev–Trinajstić information content (AvgIpc) is 3.64. The number of aromatic nitrogens is 3. The maximum atomic E-state index is 15.1. The molecule has 9 heteroatoms. The quantitative estimate of drug-likeness (QED) is 0.0945. The molecule has 0 fully saturated rings. The summed E-state index contributed by atoms with van der Waals surface area (Å²) in [5, 5.41) is 9.72. The molecule has 1 atom stereocenters. The van der Waals surface area contributed by atoms with Crippen LogP contribution in [0.4, 0.5) is 8.78 Å². The van der Waals surface area contributed by atoms with E-state index in [0.29, 0.717) is 23.3 Å². The number of rotatable bonds is 12. The number of fused-ring (bicyclic) bond motifs is 1. The van der Waals surface area contributed by atoms with Crippen molar-refractivity contribution in [2.45, 2.75) is 31.6 Å². The Labute approximate surface area is 235 Å². The lowest BCUT2D eigenvalue weighted by Crippen LogP contribution is -2.03. The largest absolute Gasteiger partial charge is 0.478 e. The second-order valence-corrected chi connectivity index (χ2v) is 9.74. The minimum absolute atomic E-state index is 0.0449. The molecule has 0 bridgehead atoms. The van der Waals surface area contributed by atoms with Crippen LogP contribution in [0, 0.1) is 11.6 Å². The fourth-order valence-electron chi connectivity index (χ4n) is 4.98. The molecule has 41 heavy (non-hydrogen) atoms. The van der Waals surface area contributed by atoms with Gasteiger partial charge in [0.2, 0.25) is 0 Å². The molecule has 5 aromatic rings. The predicted molar refractivity (Wildman–Crippen MR) is 155 cm³/mol. The number of halogens is 2. The van der Waals surface area contributed by atoms with Crippen LogP contribution in [-0.2, 0) is 4.79 Å². The van der Waals surface area contributed by atoms with Crippen LogP contribution < -0.4 is 10.5 Å².